The molecule has 0 unspecified atom stereocenters. The molecule has 0 aliphatic carbocycles. The summed E-state index contributed by atoms with van der Waals surface area (Å²) in [4.78, 5) is 88.7. The molecule has 8 N–H and O–H groups in total. The minimum absolute atomic E-state index is 0. The largest absolute Gasteiger partial charge is 0.480 e. The van der Waals surface area contributed by atoms with Crippen molar-refractivity contribution >= 4 is 47.8 Å². The maximum Gasteiger partial charge on any atom is 0.317 e. The van der Waals surface area contributed by atoms with Crippen molar-refractivity contribution in [1.29, 1.82) is 0 Å². The monoisotopic (exact) mass is 926 g/mol. The third-order valence-corrected chi connectivity index (χ3v) is 4.34. The minimum atomic E-state index is -1.23. The Balaban J connectivity index is -0.000000150. The van der Waals surface area contributed by atoms with E-state index in [0.29, 0.717) is 0 Å². The van der Waals surface area contributed by atoms with Gasteiger partial charge in [-0.25, -0.2) is 0 Å². The fourth-order valence-electron chi connectivity index (χ4n) is 2.95. The molecular formula is C20H32Ag2N4O16Zn2. The van der Waals surface area contributed by atoms with Gasteiger partial charge in [0.15, 0.2) is 0 Å². The average molecular weight is 931 g/mol. The van der Waals surface area contributed by atoms with Gasteiger partial charge >= 0.3 is 47.8 Å². The molecule has 44 heavy (non-hydrogen) atoms. The van der Waals surface area contributed by atoms with Crippen LogP contribution in [0, 0.1) is 0 Å². The molecule has 24 heteroatoms. The Kier molecular flexibility index (Phi) is 39.0. The summed E-state index contributed by atoms with van der Waals surface area (Å²) in [5, 5.41) is 68.9. The number of carbonyl (C=O) groups is 8. The van der Waals surface area contributed by atoms with Crippen LogP contribution >= 0.6 is 0 Å². The number of aliphatic carboxylic acids is 8. The first kappa shape index (κ1) is 54.8. The summed E-state index contributed by atoms with van der Waals surface area (Å²) >= 11 is 0. The van der Waals surface area contributed by atoms with Crippen LogP contribution in [0.2, 0.25) is 0 Å². The van der Waals surface area contributed by atoms with Crippen LogP contribution in [0.4, 0.5) is 0 Å². The van der Waals surface area contributed by atoms with Crippen molar-refractivity contribution in [2.24, 2.45) is 0 Å². The molecule has 0 fully saturated rings. The SMILES string of the molecule is O=C(O)CN(CCN(CC(=O)O)CC(=O)O)CC(=O)O.O=C(O)CN(CCN(CC(=O)O)CC(=O)O)CC(=O)O.[Ag].[Ag].[Zn].[Zn]. The summed E-state index contributed by atoms with van der Waals surface area (Å²) in [5.74, 6) is -9.82. The number of hydrogen-bond donors (Lipinski definition) is 8. The zero-order chi connectivity index (χ0) is 31.4. The van der Waals surface area contributed by atoms with Gasteiger partial charge in [-0.1, -0.05) is 0 Å². The number of carboxylic acid groups (broad SMARTS) is 8. The van der Waals surface area contributed by atoms with Crippen LogP contribution in [0.5, 0.6) is 0 Å². The Morgan fingerprint density at radius 2 is 0.386 bits per heavy atom. The minimum Gasteiger partial charge on any atom is -0.480 e. The number of rotatable bonds is 22. The van der Waals surface area contributed by atoms with Gasteiger partial charge in [0.1, 0.15) is 0 Å². The van der Waals surface area contributed by atoms with Gasteiger partial charge in [0.2, 0.25) is 0 Å². The van der Waals surface area contributed by atoms with Crippen molar-refractivity contribution in [3.05, 3.63) is 0 Å². The summed E-state index contributed by atoms with van der Waals surface area (Å²) < 4.78 is 0. The summed E-state index contributed by atoms with van der Waals surface area (Å²) in [6.45, 7) is -4.50. The molecule has 0 rings (SSSR count). The molecule has 20 nitrogen and oxygen atoms in total. The second-order valence-electron chi connectivity index (χ2n) is 7.99. The molecular weight excluding hydrogens is 899 g/mol. The maximum absolute atomic E-state index is 10.6. The van der Waals surface area contributed by atoms with Crippen LogP contribution < -0.4 is 0 Å². The van der Waals surface area contributed by atoms with E-state index < -0.39 is 100 Å². The second-order valence-corrected chi connectivity index (χ2v) is 7.99. The smallest absolute Gasteiger partial charge is 0.317 e. The number of nitrogens with zero attached hydrogens (tertiary/aromatic N) is 4. The van der Waals surface area contributed by atoms with Crippen molar-refractivity contribution in [2.75, 3.05) is 78.5 Å². The number of hydrogen-bond acceptors (Lipinski definition) is 12. The average Bonchev–Trinajstić information content (AvgIpc) is 2.72. The van der Waals surface area contributed by atoms with Gasteiger partial charge in [0, 0.05) is 110 Å². The Bertz CT molecular complexity index is 726. The number of carboxylic acids is 8. The van der Waals surface area contributed by atoms with Gasteiger partial charge in [0.25, 0.3) is 0 Å². The normalized spacial score (nSPS) is 9.73. The summed E-state index contributed by atoms with van der Waals surface area (Å²) in [5.41, 5.74) is 0. The van der Waals surface area contributed by atoms with E-state index in [1.165, 1.54) is 0 Å². The molecule has 0 atom stereocenters. The second kappa shape index (κ2) is 31.3. The van der Waals surface area contributed by atoms with Crippen molar-refractivity contribution in [1.82, 2.24) is 19.6 Å². The zero-order valence-electron chi connectivity index (χ0n) is 23.1. The van der Waals surface area contributed by atoms with Crippen molar-refractivity contribution in [2.45, 2.75) is 0 Å². The first-order chi connectivity index (χ1) is 18.4. The van der Waals surface area contributed by atoms with E-state index in [1.807, 2.05) is 0 Å². The van der Waals surface area contributed by atoms with Gasteiger partial charge in [-0.3, -0.25) is 58.0 Å². The van der Waals surface area contributed by atoms with Crippen LogP contribution in [-0.2, 0) is 122 Å². The molecule has 0 aliphatic heterocycles. The maximum atomic E-state index is 10.6. The molecule has 0 heterocycles. The molecule has 0 spiro atoms. The van der Waals surface area contributed by atoms with Crippen LogP contribution in [0.3, 0.4) is 0 Å². The van der Waals surface area contributed by atoms with Crippen LogP contribution in [0.25, 0.3) is 0 Å². The Hall–Kier alpha value is -1.67. The predicted molar refractivity (Wildman–Crippen MR) is 127 cm³/mol. The van der Waals surface area contributed by atoms with E-state index in [1.54, 1.807) is 0 Å². The molecule has 0 aliphatic rings. The van der Waals surface area contributed by atoms with E-state index in [2.05, 4.69) is 0 Å². The molecule has 0 saturated carbocycles. The van der Waals surface area contributed by atoms with Crippen LogP contribution in [0.15, 0.2) is 0 Å². The molecule has 2 radical (unpaired) electrons. The Labute approximate surface area is 306 Å². The first-order valence-corrected chi connectivity index (χ1v) is 11.0. The Morgan fingerprint density at radius 1 is 0.295 bits per heavy atom. The third-order valence-electron chi connectivity index (χ3n) is 4.34. The predicted octanol–water partition coefficient (Wildman–Crippen LogP) is -4.15. The van der Waals surface area contributed by atoms with Crippen LogP contribution in [-0.4, -0.2) is 187 Å². The quantitative estimate of drug-likeness (QED) is 0.0478. The Morgan fingerprint density at radius 3 is 0.455 bits per heavy atom. The molecule has 0 bridgehead atoms. The summed E-state index contributed by atoms with van der Waals surface area (Å²) in [6, 6.07) is 0. The molecule has 0 aromatic heterocycles. The summed E-state index contributed by atoms with van der Waals surface area (Å²) in [6.07, 6.45) is 0. The van der Waals surface area contributed by atoms with Crippen molar-refractivity contribution in [3.8, 4) is 0 Å². The molecule has 254 valence electrons. The summed E-state index contributed by atoms with van der Waals surface area (Å²) in [7, 11) is 0. The van der Waals surface area contributed by atoms with Crippen molar-refractivity contribution < 1.29 is 163 Å². The van der Waals surface area contributed by atoms with E-state index in [4.69, 9.17) is 40.9 Å². The topological polar surface area (TPSA) is 311 Å². The van der Waals surface area contributed by atoms with Gasteiger partial charge in [-0.05, 0) is 0 Å². The van der Waals surface area contributed by atoms with Crippen molar-refractivity contribution in [3.63, 3.8) is 0 Å². The van der Waals surface area contributed by atoms with Crippen LogP contribution in [0.1, 0.15) is 0 Å². The van der Waals surface area contributed by atoms with Gasteiger partial charge < -0.3 is 40.9 Å². The van der Waals surface area contributed by atoms with E-state index in [0.717, 1.165) is 19.6 Å². The molecule has 0 aromatic rings. The van der Waals surface area contributed by atoms with E-state index in [9.17, 15) is 38.4 Å². The van der Waals surface area contributed by atoms with Gasteiger partial charge in [0.05, 0.1) is 52.4 Å². The van der Waals surface area contributed by atoms with E-state index in [-0.39, 0.29) is 110 Å². The molecule has 0 aromatic carbocycles. The van der Waals surface area contributed by atoms with E-state index >= 15 is 0 Å². The third kappa shape index (κ3) is 38.4. The first-order valence-electron chi connectivity index (χ1n) is 11.0. The van der Waals surface area contributed by atoms with Gasteiger partial charge in [-0.15, -0.1) is 0 Å². The molecule has 0 amide bonds. The van der Waals surface area contributed by atoms with Gasteiger partial charge in [-0.2, -0.15) is 0 Å². The fourth-order valence-corrected chi connectivity index (χ4v) is 2.95. The fraction of sp³-hybridized carbons (Fsp3) is 0.600. The molecule has 0 saturated heterocycles. The standard InChI is InChI=1S/2C10H16N2O8.2Ag.2Zn/c2*13-7(14)3-11(4-8(15)16)1-2-12(5-9(17)18)6-10(19)20;;;;/h2*1-6H2,(H,13,14)(H,15,16)(H,17,18)(H,19,20);;;;. The zero-order valence-corrected chi connectivity index (χ0v) is 32.0.